The van der Waals surface area contributed by atoms with Gasteiger partial charge in [-0.25, -0.2) is 0 Å². The number of nitrogens with two attached hydrogens (primary N) is 2. The van der Waals surface area contributed by atoms with E-state index in [1.165, 1.54) is 110 Å². The van der Waals surface area contributed by atoms with Gasteiger partial charge in [0.05, 0.1) is 0 Å². The minimum absolute atomic E-state index is 0. The summed E-state index contributed by atoms with van der Waals surface area (Å²) < 4.78 is 0. The normalized spacial score (nSPS) is 9.61. The summed E-state index contributed by atoms with van der Waals surface area (Å²) >= 11 is 0. The van der Waals surface area contributed by atoms with Crippen molar-refractivity contribution >= 4 is 11.8 Å². The van der Waals surface area contributed by atoms with Crippen molar-refractivity contribution in [2.24, 2.45) is 23.3 Å². The van der Waals surface area contributed by atoms with E-state index in [0.717, 1.165) is 24.7 Å². The third-order valence-corrected chi connectivity index (χ3v) is 6.72. The summed E-state index contributed by atoms with van der Waals surface area (Å²) in [5, 5.41) is 2.72. The first kappa shape index (κ1) is 49.8. The van der Waals surface area contributed by atoms with Crippen molar-refractivity contribution in [1.29, 1.82) is 0 Å². The third-order valence-electron chi connectivity index (χ3n) is 6.72. The summed E-state index contributed by atoms with van der Waals surface area (Å²) in [5.41, 5.74) is 9.71. The molecule has 0 heterocycles. The van der Waals surface area contributed by atoms with E-state index in [9.17, 15) is 9.59 Å². The first-order valence-corrected chi connectivity index (χ1v) is 15.0. The molecule has 0 atom stereocenters. The Hall–Kier alpha value is -1.10. The quantitative estimate of drug-likeness (QED) is 0.118. The van der Waals surface area contributed by atoms with Crippen LogP contribution in [0.5, 0.6) is 0 Å². The molecule has 5 heteroatoms. The lowest BCUT2D eigenvalue weighted by atomic mass is 9.91. The van der Waals surface area contributed by atoms with Crippen LogP contribution in [0.15, 0.2) is 0 Å². The van der Waals surface area contributed by atoms with E-state index in [1.807, 2.05) is 0 Å². The average molecular weight is 548 g/mol. The van der Waals surface area contributed by atoms with Crippen LogP contribution < -0.4 is 16.8 Å². The smallest absolute Gasteiger partial charge is 0.219 e. The minimum atomic E-state index is -0.143. The van der Waals surface area contributed by atoms with E-state index < -0.39 is 0 Å². The molecular weight excluding hydrogens is 470 g/mol. The molecule has 0 aliphatic heterocycles. The molecule has 0 saturated heterocycles. The number of carbonyl (C=O) groups excluding carboxylic acids is 2. The Morgan fingerprint density at radius 2 is 0.842 bits per heavy atom. The fourth-order valence-electron chi connectivity index (χ4n) is 4.40. The molecule has 0 rings (SSSR count). The highest BCUT2D eigenvalue weighted by Crippen LogP contribution is 2.23. The van der Waals surface area contributed by atoms with Gasteiger partial charge in [-0.15, -0.1) is 0 Å². The molecule has 0 aromatic rings. The zero-order valence-corrected chi connectivity index (χ0v) is 24.8. The fraction of sp³-hybridized carbons (Fsp3) is 0.939. The predicted octanol–water partition coefficient (Wildman–Crippen LogP) is 9.80. The topological polar surface area (TPSA) is 98.2 Å². The summed E-state index contributed by atoms with van der Waals surface area (Å²) in [6.07, 6.45) is 24.3. The maximum Gasteiger partial charge on any atom is 0.219 e. The standard InChI is InChI=1S/C15H31NO.C14H29NO.CH5N.3CH4/c1-4-6-8-10-14(11-9-7-5-2)12-13-15(17)16-3;1-3-5-7-9-13(10-8-6-4-2)11-12-14(15)16;1-2;;;/h14H,4-13H2,1-3H3,(H,16,17);13H,3-12H2,1-2H3,(H2,15,16);2H2,1H3;3*1H4. The van der Waals surface area contributed by atoms with Crippen LogP contribution >= 0.6 is 0 Å². The summed E-state index contributed by atoms with van der Waals surface area (Å²) in [6, 6.07) is 0. The van der Waals surface area contributed by atoms with Crippen LogP contribution in [0.1, 0.15) is 178 Å². The molecule has 0 saturated carbocycles. The highest BCUT2D eigenvalue weighted by Gasteiger charge is 2.11. The second-order valence-corrected chi connectivity index (χ2v) is 9.93. The molecule has 5 N–H and O–H groups in total. The van der Waals surface area contributed by atoms with Gasteiger partial charge in [0.1, 0.15) is 0 Å². The van der Waals surface area contributed by atoms with Gasteiger partial charge in [-0.1, -0.05) is 153 Å². The average Bonchev–Trinajstić information content (AvgIpc) is 2.87. The highest BCUT2D eigenvalue weighted by atomic mass is 16.1. The van der Waals surface area contributed by atoms with Crippen LogP contribution in [0, 0.1) is 11.8 Å². The van der Waals surface area contributed by atoms with Gasteiger partial charge in [0.2, 0.25) is 11.8 Å². The Balaban J connectivity index is -0.000000118. The van der Waals surface area contributed by atoms with Crippen LogP contribution in [-0.2, 0) is 9.59 Å². The number of primary amides is 1. The molecule has 236 valence electrons. The lowest BCUT2D eigenvalue weighted by Gasteiger charge is -2.16. The van der Waals surface area contributed by atoms with Gasteiger partial charge in [0.15, 0.2) is 0 Å². The number of rotatable bonds is 22. The maximum absolute atomic E-state index is 11.3. The zero-order valence-electron chi connectivity index (χ0n) is 24.8. The summed E-state index contributed by atoms with van der Waals surface area (Å²) in [5.74, 6) is 1.55. The molecule has 38 heavy (non-hydrogen) atoms. The monoisotopic (exact) mass is 548 g/mol. The molecule has 0 aromatic heterocycles. The maximum atomic E-state index is 11.3. The summed E-state index contributed by atoms with van der Waals surface area (Å²) in [7, 11) is 3.23. The number of unbranched alkanes of at least 4 members (excludes halogenated alkanes) is 8. The van der Waals surface area contributed by atoms with E-state index in [1.54, 1.807) is 7.05 Å². The van der Waals surface area contributed by atoms with Gasteiger partial charge < -0.3 is 16.8 Å². The van der Waals surface area contributed by atoms with Crippen molar-refractivity contribution in [1.82, 2.24) is 5.32 Å². The second kappa shape index (κ2) is 43.0. The highest BCUT2D eigenvalue weighted by molar-refractivity contribution is 5.75. The molecule has 0 bridgehead atoms. The van der Waals surface area contributed by atoms with E-state index in [4.69, 9.17) is 5.73 Å². The largest absolute Gasteiger partial charge is 0.370 e. The number of nitrogens with one attached hydrogen (secondary N) is 1. The minimum Gasteiger partial charge on any atom is -0.370 e. The van der Waals surface area contributed by atoms with Crippen LogP contribution in [0.3, 0.4) is 0 Å². The van der Waals surface area contributed by atoms with E-state index in [2.05, 4.69) is 38.7 Å². The Morgan fingerprint density at radius 1 is 0.553 bits per heavy atom. The first-order valence-electron chi connectivity index (χ1n) is 15.0. The molecule has 0 aromatic carbocycles. The van der Waals surface area contributed by atoms with E-state index in [-0.39, 0.29) is 34.1 Å². The number of hydrogen-bond acceptors (Lipinski definition) is 3. The Labute approximate surface area is 242 Å². The molecule has 5 nitrogen and oxygen atoms in total. The summed E-state index contributed by atoms with van der Waals surface area (Å²) in [4.78, 5) is 22.1. The summed E-state index contributed by atoms with van der Waals surface area (Å²) in [6.45, 7) is 8.96. The Bertz CT molecular complexity index is 410. The number of carbonyl (C=O) groups is 2. The van der Waals surface area contributed by atoms with Gasteiger partial charge >= 0.3 is 0 Å². The van der Waals surface area contributed by atoms with Crippen LogP contribution in [0.4, 0.5) is 0 Å². The second-order valence-electron chi connectivity index (χ2n) is 9.93. The number of amides is 2. The van der Waals surface area contributed by atoms with Crippen LogP contribution in [0.2, 0.25) is 0 Å². The SMILES string of the molecule is C.C.C.CCCCCC(CCCCC)CCC(=O)NC.CCCCCC(CCCCC)CCC(N)=O.CN. The van der Waals surface area contributed by atoms with E-state index >= 15 is 0 Å². The number of hydrogen-bond donors (Lipinski definition) is 3. The van der Waals surface area contributed by atoms with Crippen molar-refractivity contribution in [3.8, 4) is 0 Å². The van der Waals surface area contributed by atoms with Gasteiger partial charge in [-0.3, -0.25) is 9.59 Å². The van der Waals surface area contributed by atoms with Crippen molar-refractivity contribution in [2.45, 2.75) is 178 Å². The zero-order chi connectivity index (χ0) is 27.2. The van der Waals surface area contributed by atoms with Gasteiger partial charge in [-0.05, 0) is 31.7 Å². The Morgan fingerprint density at radius 3 is 1.08 bits per heavy atom. The van der Waals surface area contributed by atoms with Gasteiger partial charge in [-0.2, -0.15) is 0 Å². The van der Waals surface area contributed by atoms with E-state index in [0.29, 0.717) is 12.8 Å². The molecule has 0 radical (unpaired) electrons. The molecular formula is C33H77N3O2. The lowest BCUT2D eigenvalue weighted by Crippen LogP contribution is -2.18. The van der Waals surface area contributed by atoms with Gasteiger partial charge in [0.25, 0.3) is 0 Å². The Kier molecular flexibility index (Phi) is 56.3. The van der Waals surface area contributed by atoms with Crippen molar-refractivity contribution < 1.29 is 9.59 Å². The molecule has 0 aliphatic rings. The molecule has 0 aliphatic carbocycles. The van der Waals surface area contributed by atoms with Crippen LogP contribution in [-0.4, -0.2) is 25.9 Å². The molecule has 0 unspecified atom stereocenters. The predicted molar refractivity (Wildman–Crippen MR) is 176 cm³/mol. The molecule has 0 spiro atoms. The molecule has 2 amide bonds. The van der Waals surface area contributed by atoms with Crippen LogP contribution in [0.25, 0.3) is 0 Å². The van der Waals surface area contributed by atoms with Crippen molar-refractivity contribution in [2.75, 3.05) is 14.1 Å². The van der Waals surface area contributed by atoms with Gasteiger partial charge in [0, 0.05) is 19.9 Å². The van der Waals surface area contributed by atoms with Crippen molar-refractivity contribution in [3.05, 3.63) is 0 Å². The van der Waals surface area contributed by atoms with Crippen molar-refractivity contribution in [3.63, 3.8) is 0 Å². The fourth-order valence-corrected chi connectivity index (χ4v) is 4.40. The third kappa shape index (κ3) is 42.0. The lowest BCUT2D eigenvalue weighted by molar-refractivity contribution is -0.121. The molecule has 0 fully saturated rings. The first-order chi connectivity index (χ1) is 16.9.